The van der Waals surface area contributed by atoms with Crippen molar-refractivity contribution < 1.29 is 4.57 Å². The van der Waals surface area contributed by atoms with E-state index in [9.17, 15) is 4.57 Å². The van der Waals surface area contributed by atoms with Crippen molar-refractivity contribution in [3.8, 4) is 0 Å². The van der Waals surface area contributed by atoms with Gasteiger partial charge in [0, 0.05) is 16.6 Å². The molecule has 0 unspecified atom stereocenters. The highest BCUT2D eigenvalue weighted by molar-refractivity contribution is 7.71. The van der Waals surface area contributed by atoms with Crippen LogP contribution >= 0.6 is 7.14 Å². The predicted octanol–water partition coefficient (Wildman–Crippen LogP) is 3.37. The molecule has 0 bridgehead atoms. The maximum Gasteiger partial charge on any atom is 0.120 e. The highest BCUT2D eigenvalue weighted by Crippen LogP contribution is 2.72. The summed E-state index contributed by atoms with van der Waals surface area (Å²) in [6, 6.07) is 0. The maximum atomic E-state index is 12.4. The molecule has 0 aromatic rings. The molecule has 2 atom stereocenters. The van der Waals surface area contributed by atoms with Crippen LogP contribution in [-0.4, -0.2) is 11.3 Å². The molecule has 1 fully saturated rings. The van der Waals surface area contributed by atoms with Crippen molar-refractivity contribution in [1.82, 2.24) is 0 Å². The largest absolute Gasteiger partial charge is 0.318 e. The van der Waals surface area contributed by atoms with Gasteiger partial charge in [-0.2, -0.15) is 0 Å². The Hall–Kier alpha value is -0.290. The van der Waals surface area contributed by atoms with Gasteiger partial charge >= 0.3 is 0 Å². The van der Waals surface area contributed by atoms with E-state index in [1.165, 1.54) is 0 Å². The van der Waals surface area contributed by atoms with Crippen molar-refractivity contribution in [2.75, 3.05) is 0 Å². The van der Waals surface area contributed by atoms with Crippen LogP contribution in [0.15, 0.2) is 23.5 Å². The highest BCUT2D eigenvalue weighted by atomic mass is 31.2. The Balaban J connectivity index is 2.32. The van der Waals surface area contributed by atoms with Crippen LogP contribution in [0.4, 0.5) is 0 Å². The van der Waals surface area contributed by atoms with Crippen LogP contribution in [0.1, 0.15) is 26.7 Å². The van der Waals surface area contributed by atoms with E-state index in [1.54, 1.807) is 0 Å². The molecule has 0 radical (unpaired) electrons. The molecule has 2 rings (SSSR count). The topological polar surface area (TPSA) is 17.1 Å². The van der Waals surface area contributed by atoms with E-state index in [2.05, 4.69) is 32.1 Å². The molecule has 66 valence electrons. The summed E-state index contributed by atoms with van der Waals surface area (Å²) in [6.45, 7) is 4.24. The van der Waals surface area contributed by atoms with Crippen LogP contribution in [0.5, 0.6) is 0 Å². The molecule has 0 spiro atoms. The summed E-state index contributed by atoms with van der Waals surface area (Å²) in [4.78, 5) is 0. The molecule has 0 aromatic carbocycles. The van der Waals surface area contributed by atoms with Crippen molar-refractivity contribution in [1.29, 1.82) is 0 Å². The lowest BCUT2D eigenvalue weighted by Crippen LogP contribution is -2.29. The van der Waals surface area contributed by atoms with Crippen molar-refractivity contribution in [3.05, 3.63) is 23.5 Å². The van der Waals surface area contributed by atoms with E-state index in [1.807, 2.05) is 0 Å². The van der Waals surface area contributed by atoms with Crippen LogP contribution in [0.3, 0.4) is 0 Å². The second kappa shape index (κ2) is 2.60. The van der Waals surface area contributed by atoms with Crippen molar-refractivity contribution in [2.45, 2.75) is 38.0 Å². The Bertz CT molecular complexity index is 289. The van der Waals surface area contributed by atoms with Gasteiger partial charge in [0.25, 0.3) is 0 Å². The zero-order valence-electron chi connectivity index (χ0n) is 7.66. The summed E-state index contributed by atoms with van der Waals surface area (Å²) in [6.07, 6.45) is 8.42. The molecule has 0 saturated carbocycles. The summed E-state index contributed by atoms with van der Waals surface area (Å²) in [7, 11) is -1.95. The second-order valence-electron chi connectivity index (χ2n) is 3.91. The van der Waals surface area contributed by atoms with Gasteiger partial charge in [-0.25, -0.2) is 0 Å². The number of rotatable bonds is 1. The van der Waals surface area contributed by atoms with Gasteiger partial charge in [0.2, 0.25) is 0 Å². The summed E-state index contributed by atoms with van der Waals surface area (Å²) in [5.74, 6) is 0. The first kappa shape index (κ1) is 8.31. The Morgan fingerprint density at radius 2 is 2.08 bits per heavy atom. The minimum atomic E-state index is -1.95. The van der Waals surface area contributed by atoms with E-state index in [-0.39, 0.29) is 0 Å². The minimum absolute atomic E-state index is 0.432. The Labute approximate surface area is 73.9 Å². The third-order valence-corrected chi connectivity index (χ3v) is 7.33. The first-order chi connectivity index (χ1) is 5.65. The van der Waals surface area contributed by atoms with Crippen molar-refractivity contribution >= 4 is 7.14 Å². The predicted molar refractivity (Wildman–Crippen MR) is 53.0 cm³/mol. The van der Waals surface area contributed by atoms with Gasteiger partial charge < -0.3 is 4.57 Å². The maximum absolute atomic E-state index is 12.4. The molecule has 1 aliphatic carbocycles. The van der Waals surface area contributed by atoms with Crippen LogP contribution in [0, 0.1) is 0 Å². The molecule has 0 aromatic heterocycles. The van der Waals surface area contributed by atoms with E-state index >= 15 is 0 Å². The molecule has 0 N–H and O–H groups in total. The van der Waals surface area contributed by atoms with Crippen LogP contribution in [-0.2, 0) is 4.57 Å². The fourth-order valence-electron chi connectivity index (χ4n) is 2.32. The lowest BCUT2D eigenvalue weighted by atomic mass is 10.2. The lowest BCUT2D eigenvalue weighted by Gasteiger charge is -2.41. The van der Waals surface area contributed by atoms with Gasteiger partial charge in [-0.1, -0.05) is 32.1 Å². The molecule has 1 aliphatic heterocycles. The first-order valence-electron chi connectivity index (χ1n) is 4.62. The molecule has 1 heterocycles. The van der Waals surface area contributed by atoms with Gasteiger partial charge in [-0.15, -0.1) is 0 Å². The average molecular weight is 182 g/mol. The number of hydrogen-bond donors (Lipinski definition) is 0. The molecular formula is C10H15OP. The highest BCUT2D eigenvalue weighted by Gasteiger charge is 2.47. The van der Waals surface area contributed by atoms with Crippen molar-refractivity contribution in [2.24, 2.45) is 0 Å². The number of allylic oxidation sites excluding steroid dienone is 4. The molecule has 1 saturated heterocycles. The van der Waals surface area contributed by atoms with E-state index in [0.717, 1.165) is 18.2 Å². The summed E-state index contributed by atoms with van der Waals surface area (Å²) < 4.78 is 12.4. The molecule has 2 aliphatic rings. The molecule has 0 amide bonds. The Kier molecular flexibility index (Phi) is 1.80. The second-order valence-corrected chi connectivity index (χ2v) is 7.61. The fourth-order valence-corrected chi connectivity index (χ4v) is 5.80. The standard InChI is InChI=1S/C10H15OP/c1-8-7-9(2)12(8,11)10-5-3-4-6-10/h3,5-6,8-9H,4,7H2,1-2H3/t8-,9-/m0/s1. The van der Waals surface area contributed by atoms with E-state index in [4.69, 9.17) is 0 Å². The first-order valence-corrected chi connectivity index (χ1v) is 6.47. The lowest BCUT2D eigenvalue weighted by molar-refractivity contribution is 0.525. The average Bonchev–Trinajstić information content (AvgIpc) is 2.55. The fraction of sp³-hybridized carbons (Fsp3) is 0.600. The number of hydrogen-bond acceptors (Lipinski definition) is 1. The molecule has 12 heavy (non-hydrogen) atoms. The van der Waals surface area contributed by atoms with Gasteiger partial charge in [-0.3, -0.25) is 0 Å². The third kappa shape index (κ3) is 0.894. The van der Waals surface area contributed by atoms with E-state index in [0.29, 0.717) is 11.3 Å². The van der Waals surface area contributed by atoms with Gasteiger partial charge in [0.05, 0.1) is 0 Å². The third-order valence-electron chi connectivity index (χ3n) is 3.15. The molecule has 1 nitrogen and oxygen atoms in total. The zero-order chi connectivity index (χ0) is 8.77. The van der Waals surface area contributed by atoms with Crippen LogP contribution < -0.4 is 0 Å². The van der Waals surface area contributed by atoms with Gasteiger partial charge in [0.15, 0.2) is 0 Å². The smallest absolute Gasteiger partial charge is 0.120 e. The minimum Gasteiger partial charge on any atom is -0.318 e. The van der Waals surface area contributed by atoms with Crippen LogP contribution in [0.25, 0.3) is 0 Å². The Morgan fingerprint density at radius 3 is 2.50 bits per heavy atom. The quantitative estimate of drug-likeness (QED) is 0.568. The molecule has 2 heteroatoms. The normalized spacial score (nSPS) is 37.7. The van der Waals surface area contributed by atoms with Gasteiger partial charge in [0.1, 0.15) is 7.14 Å². The molecular weight excluding hydrogens is 167 g/mol. The zero-order valence-corrected chi connectivity index (χ0v) is 8.55. The Morgan fingerprint density at radius 1 is 1.42 bits per heavy atom. The van der Waals surface area contributed by atoms with E-state index < -0.39 is 7.14 Å². The summed E-state index contributed by atoms with van der Waals surface area (Å²) in [5, 5.41) is 1.15. The van der Waals surface area contributed by atoms with Gasteiger partial charge in [-0.05, 0) is 12.8 Å². The summed E-state index contributed by atoms with van der Waals surface area (Å²) >= 11 is 0. The monoisotopic (exact) mass is 182 g/mol. The SMILES string of the molecule is C[C@H]1C[C@H](C)P1(=O)C1=CCC=C1. The van der Waals surface area contributed by atoms with Crippen LogP contribution in [0.2, 0.25) is 0 Å². The van der Waals surface area contributed by atoms with Crippen molar-refractivity contribution in [3.63, 3.8) is 0 Å². The summed E-state index contributed by atoms with van der Waals surface area (Å²) in [5.41, 5.74) is 0.864.